The lowest BCUT2D eigenvalue weighted by molar-refractivity contribution is -0.143. The van der Waals surface area contributed by atoms with Crippen molar-refractivity contribution in [2.75, 3.05) is 6.54 Å². The van der Waals surface area contributed by atoms with Crippen LogP contribution in [-0.4, -0.2) is 53.2 Å². The summed E-state index contributed by atoms with van der Waals surface area (Å²) in [5, 5.41) is 9.15. The van der Waals surface area contributed by atoms with E-state index < -0.39 is 12.1 Å². The lowest BCUT2D eigenvalue weighted by atomic mass is 9.83. The fourth-order valence-electron chi connectivity index (χ4n) is 6.24. The molecule has 0 bridgehead atoms. The second-order valence-corrected chi connectivity index (χ2v) is 11.3. The molecular weight excluding hydrogens is 468 g/mol. The molecule has 3 N–H and O–H groups in total. The number of nitrogens with one attached hydrogen (secondary N) is 3. The van der Waals surface area contributed by atoms with Crippen LogP contribution in [0, 0.1) is 11.8 Å². The molecule has 1 saturated heterocycles. The van der Waals surface area contributed by atoms with Crippen LogP contribution in [-0.2, 0) is 25.6 Å². The normalized spacial score (nSPS) is 24.8. The van der Waals surface area contributed by atoms with Gasteiger partial charge in [-0.2, -0.15) is 0 Å². The number of benzene rings is 1. The SMILES string of the molecule is CC(=O)N[C@H]1C[C@@H](C(=O)N[C@@H]2CCCc3ccccc32)N(C(=O)[C@@H](NC(=O)C(C)C)C2CCCCC2)C1. The third-order valence-corrected chi connectivity index (χ3v) is 8.19. The number of amides is 4. The van der Waals surface area contributed by atoms with Crippen molar-refractivity contribution in [3.8, 4) is 0 Å². The van der Waals surface area contributed by atoms with Crippen LogP contribution in [0.25, 0.3) is 0 Å². The third kappa shape index (κ3) is 6.51. The fourth-order valence-corrected chi connectivity index (χ4v) is 6.24. The quantitative estimate of drug-likeness (QED) is 0.524. The van der Waals surface area contributed by atoms with Crippen LogP contribution in [0.4, 0.5) is 0 Å². The van der Waals surface area contributed by atoms with E-state index >= 15 is 0 Å². The first kappa shape index (κ1) is 27.1. The number of hydrogen-bond donors (Lipinski definition) is 3. The molecule has 8 heteroatoms. The number of fused-ring (bicyclic) bond motifs is 1. The Morgan fingerprint density at radius 1 is 0.946 bits per heavy atom. The average molecular weight is 511 g/mol. The standard InChI is InChI=1S/C29H42N4O4/c1-18(2)27(35)32-26(21-11-5-4-6-12-21)29(37)33-17-22(30-19(3)34)16-25(33)28(36)31-24-15-9-13-20-10-7-8-14-23(20)24/h7-8,10,14,18,21-22,24-26H,4-6,9,11-13,15-17H2,1-3H3,(H,30,34)(H,31,36)(H,32,35)/t22-,24+,25-,26-/m0/s1. The van der Waals surface area contributed by atoms with Gasteiger partial charge in [0.15, 0.2) is 0 Å². The summed E-state index contributed by atoms with van der Waals surface area (Å²) in [4.78, 5) is 53.9. The van der Waals surface area contributed by atoms with E-state index in [1.54, 1.807) is 4.90 Å². The summed E-state index contributed by atoms with van der Waals surface area (Å²) in [7, 11) is 0. The van der Waals surface area contributed by atoms with Crippen molar-refractivity contribution in [1.82, 2.24) is 20.9 Å². The molecular formula is C29H42N4O4. The molecule has 2 aliphatic carbocycles. The number of likely N-dealkylation sites (tertiary alicyclic amines) is 1. The maximum Gasteiger partial charge on any atom is 0.246 e. The number of nitrogens with zero attached hydrogens (tertiary/aromatic N) is 1. The second kappa shape index (κ2) is 12.1. The summed E-state index contributed by atoms with van der Waals surface area (Å²) in [5.74, 6) is -0.927. The minimum absolute atomic E-state index is 0.0534. The number of aryl methyl sites for hydroxylation is 1. The molecule has 8 nitrogen and oxygen atoms in total. The van der Waals surface area contributed by atoms with Crippen LogP contribution in [0.15, 0.2) is 24.3 Å². The highest BCUT2D eigenvalue weighted by atomic mass is 16.2. The molecule has 0 radical (unpaired) electrons. The van der Waals surface area contributed by atoms with Crippen molar-refractivity contribution in [2.24, 2.45) is 11.8 Å². The van der Waals surface area contributed by atoms with Crippen molar-refractivity contribution >= 4 is 23.6 Å². The van der Waals surface area contributed by atoms with Gasteiger partial charge in [-0.3, -0.25) is 19.2 Å². The molecule has 0 spiro atoms. The van der Waals surface area contributed by atoms with E-state index in [2.05, 4.69) is 28.1 Å². The molecule has 0 unspecified atom stereocenters. The van der Waals surface area contributed by atoms with E-state index in [-0.39, 0.29) is 54.1 Å². The summed E-state index contributed by atoms with van der Waals surface area (Å²) in [6, 6.07) is 6.45. The molecule has 2 fully saturated rings. The van der Waals surface area contributed by atoms with Crippen LogP contribution in [0.2, 0.25) is 0 Å². The zero-order valence-electron chi connectivity index (χ0n) is 22.4. The second-order valence-electron chi connectivity index (χ2n) is 11.3. The predicted octanol–water partition coefficient (Wildman–Crippen LogP) is 3.01. The molecule has 202 valence electrons. The van der Waals surface area contributed by atoms with Crippen molar-refractivity contribution in [2.45, 2.75) is 103 Å². The highest BCUT2D eigenvalue weighted by molar-refractivity contribution is 5.93. The van der Waals surface area contributed by atoms with Crippen LogP contribution < -0.4 is 16.0 Å². The minimum atomic E-state index is -0.694. The molecule has 1 heterocycles. The summed E-state index contributed by atoms with van der Waals surface area (Å²) >= 11 is 0. The van der Waals surface area contributed by atoms with Gasteiger partial charge in [-0.1, -0.05) is 57.4 Å². The van der Waals surface area contributed by atoms with Gasteiger partial charge >= 0.3 is 0 Å². The zero-order chi connectivity index (χ0) is 26.5. The maximum atomic E-state index is 14.1. The third-order valence-electron chi connectivity index (χ3n) is 8.19. The fraction of sp³-hybridized carbons (Fsp3) is 0.655. The number of carbonyl (C=O) groups excluding carboxylic acids is 4. The number of hydrogen-bond acceptors (Lipinski definition) is 4. The Labute approximate surface area is 220 Å². The number of carbonyl (C=O) groups is 4. The maximum absolute atomic E-state index is 14.1. The van der Waals surface area contributed by atoms with Crippen molar-refractivity contribution in [3.63, 3.8) is 0 Å². The largest absolute Gasteiger partial charge is 0.352 e. The average Bonchev–Trinajstić information content (AvgIpc) is 3.30. The minimum Gasteiger partial charge on any atom is -0.352 e. The Hall–Kier alpha value is -2.90. The first-order valence-corrected chi connectivity index (χ1v) is 14.0. The van der Waals surface area contributed by atoms with Gasteiger partial charge in [-0.05, 0) is 55.6 Å². The van der Waals surface area contributed by atoms with Gasteiger partial charge in [0.2, 0.25) is 23.6 Å². The molecule has 37 heavy (non-hydrogen) atoms. The van der Waals surface area contributed by atoms with Crippen molar-refractivity contribution < 1.29 is 19.2 Å². The predicted molar refractivity (Wildman–Crippen MR) is 141 cm³/mol. The highest BCUT2D eigenvalue weighted by Gasteiger charge is 2.44. The van der Waals surface area contributed by atoms with Gasteiger partial charge in [0, 0.05) is 25.4 Å². The van der Waals surface area contributed by atoms with Crippen LogP contribution in [0.1, 0.15) is 89.3 Å². The molecule has 4 atom stereocenters. The zero-order valence-corrected chi connectivity index (χ0v) is 22.4. The first-order valence-electron chi connectivity index (χ1n) is 14.0. The van der Waals surface area contributed by atoms with Crippen molar-refractivity contribution in [3.05, 3.63) is 35.4 Å². The van der Waals surface area contributed by atoms with Gasteiger partial charge in [-0.15, -0.1) is 0 Å². The Balaban J connectivity index is 1.56. The van der Waals surface area contributed by atoms with E-state index in [0.29, 0.717) is 6.42 Å². The van der Waals surface area contributed by atoms with Crippen molar-refractivity contribution in [1.29, 1.82) is 0 Å². The van der Waals surface area contributed by atoms with Gasteiger partial charge in [0.25, 0.3) is 0 Å². The molecule has 4 rings (SSSR count). The summed E-state index contributed by atoms with van der Waals surface area (Å²) < 4.78 is 0. The smallest absolute Gasteiger partial charge is 0.246 e. The molecule has 1 aromatic carbocycles. The van der Waals surface area contributed by atoms with Gasteiger partial charge in [-0.25, -0.2) is 0 Å². The topological polar surface area (TPSA) is 108 Å². The van der Waals surface area contributed by atoms with E-state index in [1.807, 2.05) is 26.0 Å². The van der Waals surface area contributed by atoms with E-state index in [9.17, 15) is 19.2 Å². The van der Waals surface area contributed by atoms with Gasteiger partial charge < -0.3 is 20.9 Å². The van der Waals surface area contributed by atoms with Crippen LogP contribution in [0.5, 0.6) is 0 Å². The molecule has 1 aliphatic heterocycles. The van der Waals surface area contributed by atoms with E-state index in [0.717, 1.165) is 56.9 Å². The Morgan fingerprint density at radius 3 is 2.38 bits per heavy atom. The first-order chi connectivity index (χ1) is 17.7. The number of rotatable bonds is 7. The lowest BCUT2D eigenvalue weighted by Crippen LogP contribution is -2.57. The molecule has 4 amide bonds. The van der Waals surface area contributed by atoms with Crippen LogP contribution >= 0.6 is 0 Å². The van der Waals surface area contributed by atoms with E-state index in [1.165, 1.54) is 12.5 Å². The highest BCUT2D eigenvalue weighted by Crippen LogP contribution is 2.32. The molecule has 1 saturated carbocycles. The summed E-state index contributed by atoms with van der Waals surface area (Å²) in [6.45, 7) is 5.35. The lowest BCUT2D eigenvalue weighted by Gasteiger charge is -2.35. The molecule has 0 aromatic heterocycles. The van der Waals surface area contributed by atoms with Gasteiger partial charge in [0.05, 0.1) is 6.04 Å². The Kier molecular flexibility index (Phi) is 8.87. The molecule has 1 aromatic rings. The Bertz CT molecular complexity index is 1000. The Morgan fingerprint density at radius 2 is 1.68 bits per heavy atom. The van der Waals surface area contributed by atoms with Crippen LogP contribution in [0.3, 0.4) is 0 Å². The molecule has 3 aliphatic rings. The van der Waals surface area contributed by atoms with E-state index in [4.69, 9.17) is 0 Å². The monoisotopic (exact) mass is 510 g/mol. The van der Waals surface area contributed by atoms with Gasteiger partial charge in [0.1, 0.15) is 12.1 Å². The summed E-state index contributed by atoms with van der Waals surface area (Å²) in [5.41, 5.74) is 2.39. The summed E-state index contributed by atoms with van der Waals surface area (Å²) in [6.07, 6.45) is 8.18.